The minimum atomic E-state index is -4.40. The predicted octanol–water partition coefficient (Wildman–Crippen LogP) is 3.94. The fourth-order valence-electron chi connectivity index (χ4n) is 2.61. The number of amides is 1. The van der Waals surface area contributed by atoms with E-state index in [1.807, 2.05) is 30.3 Å². The fraction of sp³-hybridized carbons (Fsp3) is 0.190. The zero-order chi connectivity index (χ0) is 21.6. The molecular weight excluding hydrogens is 415 g/mol. The van der Waals surface area contributed by atoms with Gasteiger partial charge in [-0.1, -0.05) is 54.2 Å². The number of hydrogen-bond acceptors (Lipinski definition) is 4. The molecular formula is C21H18F3N3O2S. The Labute approximate surface area is 174 Å². The van der Waals surface area contributed by atoms with Crippen molar-refractivity contribution in [1.82, 2.24) is 15.3 Å². The SMILES string of the molecule is O=C(Cc1cc(=O)[nH]c(SCc2ccccc2)n1)NCc1ccc(C(F)(F)F)cc1. The molecule has 0 aliphatic heterocycles. The summed E-state index contributed by atoms with van der Waals surface area (Å²) >= 11 is 1.35. The lowest BCUT2D eigenvalue weighted by atomic mass is 10.1. The summed E-state index contributed by atoms with van der Waals surface area (Å²) in [5.74, 6) is 0.236. The Balaban J connectivity index is 1.55. The number of halogens is 3. The number of carbonyl (C=O) groups excluding carboxylic acids is 1. The second-order valence-electron chi connectivity index (χ2n) is 6.46. The maximum Gasteiger partial charge on any atom is 0.416 e. The molecule has 0 unspecified atom stereocenters. The first kappa shape index (κ1) is 21.6. The van der Waals surface area contributed by atoms with Gasteiger partial charge in [-0.3, -0.25) is 9.59 Å². The number of nitrogens with one attached hydrogen (secondary N) is 2. The van der Waals surface area contributed by atoms with Crippen LogP contribution in [0.25, 0.3) is 0 Å². The summed E-state index contributed by atoms with van der Waals surface area (Å²) in [6.07, 6.45) is -4.51. The molecule has 3 aromatic rings. The molecule has 0 spiro atoms. The average molecular weight is 433 g/mol. The average Bonchev–Trinajstić information content (AvgIpc) is 2.71. The molecule has 0 saturated carbocycles. The van der Waals surface area contributed by atoms with Crippen LogP contribution in [0, 0.1) is 0 Å². The molecule has 156 valence electrons. The van der Waals surface area contributed by atoms with Gasteiger partial charge < -0.3 is 10.3 Å². The van der Waals surface area contributed by atoms with Crippen LogP contribution < -0.4 is 10.9 Å². The van der Waals surface area contributed by atoms with Crippen LogP contribution in [0.5, 0.6) is 0 Å². The van der Waals surface area contributed by atoms with Crippen LogP contribution >= 0.6 is 11.8 Å². The molecule has 0 bridgehead atoms. The van der Waals surface area contributed by atoms with Crippen LogP contribution in [0.1, 0.15) is 22.4 Å². The molecule has 9 heteroatoms. The molecule has 1 amide bonds. The van der Waals surface area contributed by atoms with Gasteiger partial charge in [0, 0.05) is 18.4 Å². The summed E-state index contributed by atoms with van der Waals surface area (Å²) < 4.78 is 37.8. The summed E-state index contributed by atoms with van der Waals surface area (Å²) in [5.41, 5.74) is 0.829. The molecule has 2 N–H and O–H groups in total. The highest BCUT2D eigenvalue weighted by atomic mass is 32.2. The quantitative estimate of drug-likeness (QED) is 0.437. The second kappa shape index (κ2) is 9.62. The van der Waals surface area contributed by atoms with Crippen molar-refractivity contribution in [2.45, 2.75) is 30.1 Å². The van der Waals surface area contributed by atoms with Crippen molar-refractivity contribution in [3.8, 4) is 0 Å². The number of aromatic amines is 1. The van der Waals surface area contributed by atoms with Crippen LogP contribution in [0.2, 0.25) is 0 Å². The maximum atomic E-state index is 12.6. The highest BCUT2D eigenvalue weighted by Crippen LogP contribution is 2.29. The predicted molar refractivity (Wildman–Crippen MR) is 108 cm³/mol. The van der Waals surface area contributed by atoms with Gasteiger partial charge in [0.1, 0.15) is 0 Å². The highest BCUT2D eigenvalue weighted by molar-refractivity contribution is 7.98. The third-order valence-corrected chi connectivity index (χ3v) is 5.05. The van der Waals surface area contributed by atoms with Crippen LogP contribution in [0.3, 0.4) is 0 Å². The first-order valence-corrected chi connectivity index (χ1v) is 9.98. The molecule has 2 aromatic carbocycles. The Morgan fingerprint density at radius 1 is 1.03 bits per heavy atom. The van der Waals surface area contributed by atoms with Crippen LogP contribution in [-0.4, -0.2) is 15.9 Å². The topological polar surface area (TPSA) is 74.8 Å². The zero-order valence-corrected chi connectivity index (χ0v) is 16.5. The first-order valence-electron chi connectivity index (χ1n) is 8.99. The Hall–Kier alpha value is -3.07. The summed E-state index contributed by atoms with van der Waals surface area (Å²) in [6.45, 7) is 0.0791. The van der Waals surface area contributed by atoms with Gasteiger partial charge >= 0.3 is 6.18 Å². The van der Waals surface area contributed by atoms with Crippen molar-refractivity contribution in [3.63, 3.8) is 0 Å². The van der Waals surface area contributed by atoms with E-state index in [0.29, 0.717) is 22.2 Å². The molecule has 0 aliphatic carbocycles. The normalized spacial score (nSPS) is 11.3. The lowest BCUT2D eigenvalue weighted by molar-refractivity contribution is -0.137. The summed E-state index contributed by atoms with van der Waals surface area (Å²) in [5, 5.41) is 3.04. The Morgan fingerprint density at radius 3 is 2.40 bits per heavy atom. The van der Waals surface area contributed by atoms with Gasteiger partial charge in [0.05, 0.1) is 17.7 Å². The minimum Gasteiger partial charge on any atom is -0.352 e. The van der Waals surface area contributed by atoms with Crippen molar-refractivity contribution in [2.24, 2.45) is 0 Å². The molecule has 3 rings (SSSR count). The van der Waals surface area contributed by atoms with Gasteiger partial charge in [0.25, 0.3) is 5.56 Å². The monoisotopic (exact) mass is 433 g/mol. The van der Waals surface area contributed by atoms with Gasteiger partial charge in [0.15, 0.2) is 5.16 Å². The molecule has 0 radical (unpaired) electrons. The third-order valence-electron chi connectivity index (χ3n) is 4.10. The van der Waals surface area contributed by atoms with Crippen LogP contribution in [0.4, 0.5) is 13.2 Å². The summed E-state index contributed by atoms with van der Waals surface area (Å²) in [4.78, 5) is 31.0. The number of alkyl halides is 3. The van der Waals surface area contributed by atoms with Crippen molar-refractivity contribution >= 4 is 17.7 Å². The van der Waals surface area contributed by atoms with E-state index >= 15 is 0 Å². The first-order chi connectivity index (χ1) is 14.3. The molecule has 0 fully saturated rings. The highest BCUT2D eigenvalue weighted by Gasteiger charge is 2.29. The lowest BCUT2D eigenvalue weighted by Crippen LogP contribution is -2.26. The summed E-state index contributed by atoms with van der Waals surface area (Å²) in [7, 11) is 0. The lowest BCUT2D eigenvalue weighted by Gasteiger charge is -2.09. The number of nitrogens with zero attached hydrogens (tertiary/aromatic N) is 1. The van der Waals surface area contributed by atoms with Crippen LogP contribution in [0.15, 0.2) is 70.6 Å². The van der Waals surface area contributed by atoms with Gasteiger partial charge in [-0.15, -0.1) is 0 Å². The smallest absolute Gasteiger partial charge is 0.352 e. The molecule has 1 aromatic heterocycles. The van der Waals surface area contributed by atoms with Gasteiger partial charge in [0.2, 0.25) is 5.91 Å². The fourth-order valence-corrected chi connectivity index (χ4v) is 3.46. The zero-order valence-electron chi connectivity index (χ0n) is 15.7. The van der Waals surface area contributed by atoms with E-state index in [1.54, 1.807) is 0 Å². The van der Waals surface area contributed by atoms with E-state index in [9.17, 15) is 22.8 Å². The molecule has 5 nitrogen and oxygen atoms in total. The molecule has 0 atom stereocenters. The van der Waals surface area contributed by atoms with Crippen molar-refractivity contribution < 1.29 is 18.0 Å². The Morgan fingerprint density at radius 2 is 1.73 bits per heavy atom. The van der Waals surface area contributed by atoms with Crippen molar-refractivity contribution in [3.05, 3.63) is 93.4 Å². The number of carbonyl (C=O) groups is 1. The number of thioether (sulfide) groups is 1. The molecule has 30 heavy (non-hydrogen) atoms. The third kappa shape index (κ3) is 6.48. The van der Waals surface area contributed by atoms with Gasteiger partial charge in [-0.25, -0.2) is 4.98 Å². The number of hydrogen-bond donors (Lipinski definition) is 2. The Bertz CT molecular complexity index is 1050. The van der Waals surface area contributed by atoms with Crippen LogP contribution in [-0.2, 0) is 29.7 Å². The molecule has 0 saturated heterocycles. The van der Waals surface area contributed by atoms with E-state index in [4.69, 9.17) is 0 Å². The van der Waals surface area contributed by atoms with Crippen molar-refractivity contribution in [1.29, 1.82) is 0 Å². The standard InChI is InChI=1S/C21H18F3N3O2S/c22-21(23,24)16-8-6-14(7-9-16)12-25-18(28)10-17-11-19(29)27-20(26-17)30-13-15-4-2-1-3-5-15/h1-9,11H,10,12-13H2,(H,25,28)(H,26,27,29). The van der Waals surface area contributed by atoms with Crippen molar-refractivity contribution in [2.75, 3.05) is 0 Å². The summed E-state index contributed by atoms with van der Waals surface area (Å²) in [6, 6.07) is 15.5. The Kier molecular flexibility index (Phi) is 6.94. The number of benzene rings is 2. The minimum absolute atomic E-state index is 0.0791. The van der Waals surface area contributed by atoms with E-state index in [-0.39, 0.29) is 24.4 Å². The number of H-pyrrole nitrogens is 1. The van der Waals surface area contributed by atoms with E-state index < -0.39 is 11.7 Å². The molecule has 1 heterocycles. The van der Waals surface area contributed by atoms with Gasteiger partial charge in [-0.2, -0.15) is 13.2 Å². The second-order valence-corrected chi connectivity index (χ2v) is 7.43. The maximum absolute atomic E-state index is 12.6. The van der Waals surface area contributed by atoms with E-state index in [0.717, 1.165) is 17.7 Å². The molecule has 0 aliphatic rings. The van der Waals surface area contributed by atoms with E-state index in [2.05, 4.69) is 15.3 Å². The van der Waals surface area contributed by atoms with E-state index in [1.165, 1.54) is 30.0 Å². The van der Waals surface area contributed by atoms with Gasteiger partial charge in [-0.05, 0) is 23.3 Å². The largest absolute Gasteiger partial charge is 0.416 e. The number of aromatic nitrogens is 2. The number of rotatable bonds is 7.